The van der Waals surface area contributed by atoms with Crippen LogP contribution in [0.3, 0.4) is 0 Å². The van der Waals surface area contributed by atoms with Crippen LogP contribution in [0, 0.1) is 0 Å². The summed E-state index contributed by atoms with van der Waals surface area (Å²) in [5, 5.41) is 0. The van der Waals surface area contributed by atoms with Crippen molar-refractivity contribution in [3.63, 3.8) is 0 Å². The molecular formula is C36H61N6O6P. The summed E-state index contributed by atoms with van der Waals surface area (Å²) in [5.41, 5.74) is 12.7. The molecule has 2 atom stereocenters. The molecule has 1 unspecified atom stereocenters. The molecule has 0 bridgehead atoms. The highest BCUT2D eigenvalue weighted by Crippen LogP contribution is 2.48. The molecule has 0 saturated heterocycles. The van der Waals surface area contributed by atoms with E-state index in [0.29, 0.717) is 30.1 Å². The monoisotopic (exact) mass is 704 g/mol. The molecule has 0 aliphatic rings. The van der Waals surface area contributed by atoms with E-state index in [4.69, 9.17) is 34.7 Å². The van der Waals surface area contributed by atoms with E-state index in [0.717, 1.165) is 12.8 Å². The number of aromatic nitrogens is 4. The molecule has 13 heteroatoms. The van der Waals surface area contributed by atoms with Gasteiger partial charge in [0.2, 0.25) is 5.95 Å². The molecule has 4 N–H and O–H groups in total. The van der Waals surface area contributed by atoms with Gasteiger partial charge in [0.15, 0.2) is 17.8 Å². The molecule has 0 aliphatic heterocycles. The smallest absolute Gasteiger partial charge is 0.404 e. The summed E-state index contributed by atoms with van der Waals surface area (Å²) < 4.78 is 44.5. The molecule has 0 aliphatic carbocycles. The first kappa shape index (κ1) is 40.7. The lowest BCUT2D eigenvalue weighted by Gasteiger charge is -2.23. The van der Waals surface area contributed by atoms with Crippen LogP contribution < -0.4 is 16.0 Å². The minimum Gasteiger partial charge on any atom is -0.423 e. The third kappa shape index (κ3) is 16.7. The molecule has 0 radical (unpaired) electrons. The molecule has 3 rings (SSSR count). The van der Waals surface area contributed by atoms with Gasteiger partial charge in [0.05, 0.1) is 38.8 Å². The van der Waals surface area contributed by atoms with Gasteiger partial charge in [0.1, 0.15) is 11.3 Å². The topological polar surface area (TPSA) is 159 Å². The van der Waals surface area contributed by atoms with E-state index >= 15 is 0 Å². The predicted molar refractivity (Wildman–Crippen MR) is 197 cm³/mol. The van der Waals surface area contributed by atoms with E-state index < -0.39 is 13.7 Å². The molecule has 49 heavy (non-hydrogen) atoms. The lowest BCUT2D eigenvalue weighted by molar-refractivity contribution is 0.00176. The largest absolute Gasteiger partial charge is 0.423 e. The number of anilines is 2. The van der Waals surface area contributed by atoms with Gasteiger partial charge in [-0.3, -0.25) is 4.52 Å². The average Bonchev–Trinajstić information content (AvgIpc) is 3.49. The van der Waals surface area contributed by atoms with Crippen molar-refractivity contribution in [1.29, 1.82) is 0 Å². The van der Waals surface area contributed by atoms with Crippen LogP contribution in [-0.2, 0) is 29.8 Å². The van der Waals surface area contributed by atoms with Crippen LogP contribution in [0.5, 0.6) is 5.75 Å². The normalized spacial score (nSPS) is 13.5. The molecule has 276 valence electrons. The maximum atomic E-state index is 13.8. The summed E-state index contributed by atoms with van der Waals surface area (Å²) in [6.07, 6.45) is 22.1. The minimum absolute atomic E-state index is 0.0437. The molecule has 3 aromatic rings. The van der Waals surface area contributed by atoms with Crippen LogP contribution in [0.15, 0.2) is 36.7 Å². The van der Waals surface area contributed by atoms with Gasteiger partial charge >= 0.3 is 7.60 Å². The van der Waals surface area contributed by atoms with Crippen LogP contribution in [0.1, 0.15) is 110 Å². The third-order valence-corrected chi connectivity index (χ3v) is 9.91. The Morgan fingerprint density at radius 2 is 1.41 bits per heavy atom. The minimum atomic E-state index is -3.71. The zero-order valence-corrected chi connectivity index (χ0v) is 30.8. The molecule has 0 saturated carbocycles. The van der Waals surface area contributed by atoms with Crippen LogP contribution in [0.4, 0.5) is 11.8 Å². The Labute approximate surface area is 293 Å². The number of nitrogens with zero attached hydrogens (tertiary/aromatic N) is 4. The summed E-state index contributed by atoms with van der Waals surface area (Å²) in [6, 6.07) is 8.91. The highest BCUT2D eigenvalue weighted by Gasteiger charge is 2.29. The first-order valence-corrected chi connectivity index (χ1v) is 20.1. The van der Waals surface area contributed by atoms with Crippen molar-refractivity contribution < 1.29 is 27.8 Å². The van der Waals surface area contributed by atoms with Crippen molar-refractivity contribution >= 4 is 30.5 Å². The molecule has 0 amide bonds. The van der Waals surface area contributed by atoms with Crippen LogP contribution in [-0.4, -0.2) is 65.5 Å². The fraction of sp³-hybridized carbons (Fsp3) is 0.694. The Morgan fingerprint density at radius 1 is 0.796 bits per heavy atom. The van der Waals surface area contributed by atoms with Crippen molar-refractivity contribution in [2.45, 2.75) is 122 Å². The van der Waals surface area contributed by atoms with Gasteiger partial charge in [-0.15, -0.1) is 0 Å². The number of hydrogen-bond donors (Lipinski definition) is 2. The zero-order valence-electron chi connectivity index (χ0n) is 29.9. The summed E-state index contributed by atoms with van der Waals surface area (Å²) in [7, 11) is -2.15. The van der Waals surface area contributed by atoms with Gasteiger partial charge in [0.25, 0.3) is 0 Å². The Bertz CT molecular complexity index is 1330. The quantitative estimate of drug-likeness (QED) is 0.0506. The number of ether oxygens (including phenoxy) is 3. The number of para-hydroxylation sites is 1. The van der Waals surface area contributed by atoms with Gasteiger partial charge in [0, 0.05) is 13.7 Å². The molecule has 0 fully saturated rings. The Hall–Kier alpha value is -2.76. The van der Waals surface area contributed by atoms with E-state index in [1.54, 1.807) is 42.3 Å². The number of rotatable bonds is 30. The Kier molecular flexibility index (Phi) is 20.3. The van der Waals surface area contributed by atoms with Crippen molar-refractivity contribution in [2.24, 2.45) is 0 Å². The van der Waals surface area contributed by atoms with E-state index in [1.807, 2.05) is 6.07 Å². The predicted octanol–water partition coefficient (Wildman–Crippen LogP) is 8.55. The lowest BCUT2D eigenvalue weighted by Crippen LogP contribution is -2.26. The molecule has 2 heterocycles. The van der Waals surface area contributed by atoms with E-state index in [1.165, 1.54) is 89.9 Å². The first-order chi connectivity index (χ1) is 23.9. The van der Waals surface area contributed by atoms with Gasteiger partial charge < -0.3 is 34.8 Å². The average molecular weight is 705 g/mol. The highest BCUT2D eigenvalue weighted by atomic mass is 31.2. The van der Waals surface area contributed by atoms with Gasteiger partial charge in [-0.05, 0) is 18.6 Å². The van der Waals surface area contributed by atoms with Crippen LogP contribution >= 0.6 is 7.60 Å². The SMILES string of the molecule is CCCCCCCCCCCCCCCCCCOCCOP(=O)(CO[C@H](COC)Cn1cnc2c(N)nc(N)nc21)Oc1ccccc1. The second kappa shape index (κ2) is 24.4. The number of methoxy groups -OCH3 is 1. The third-order valence-electron chi connectivity index (χ3n) is 8.37. The van der Waals surface area contributed by atoms with Gasteiger partial charge in [-0.2, -0.15) is 9.97 Å². The summed E-state index contributed by atoms with van der Waals surface area (Å²) >= 11 is 0. The fourth-order valence-electron chi connectivity index (χ4n) is 5.69. The standard InChI is InChI=1S/C36H61N6O6P/c1-3-4-5-6-7-8-9-10-11-12-13-14-15-16-17-21-24-45-25-26-47-49(43,48-31-22-19-18-20-23-31)30-46-32(28-44-2)27-42-29-39-33-34(37)40-36(38)41-35(33)42/h18-20,22-23,29,32H,3-17,21,24-28,30H2,1-2H3,(H4,37,38,40,41)/t32-,49?/m0/s1. The summed E-state index contributed by atoms with van der Waals surface area (Å²) in [5.74, 6) is 0.661. The number of nitrogens with two attached hydrogens (primary N) is 2. The second-order valence-corrected chi connectivity index (χ2v) is 14.6. The number of unbranched alkanes of at least 4 members (excludes halogenated alkanes) is 15. The van der Waals surface area contributed by atoms with E-state index in [2.05, 4.69) is 21.9 Å². The lowest BCUT2D eigenvalue weighted by atomic mass is 10.0. The van der Waals surface area contributed by atoms with Crippen molar-refractivity contribution in [2.75, 3.05) is 51.4 Å². The van der Waals surface area contributed by atoms with Crippen LogP contribution in [0.25, 0.3) is 11.2 Å². The van der Waals surface area contributed by atoms with Gasteiger partial charge in [-0.25, -0.2) is 9.55 Å². The van der Waals surface area contributed by atoms with E-state index in [-0.39, 0.29) is 37.9 Å². The van der Waals surface area contributed by atoms with Gasteiger partial charge in [-0.1, -0.05) is 121 Å². The highest BCUT2D eigenvalue weighted by molar-refractivity contribution is 7.54. The van der Waals surface area contributed by atoms with Crippen molar-refractivity contribution in [3.05, 3.63) is 36.7 Å². The zero-order chi connectivity index (χ0) is 35.0. The van der Waals surface area contributed by atoms with Crippen molar-refractivity contribution in [3.8, 4) is 5.75 Å². The summed E-state index contributed by atoms with van der Waals surface area (Å²) in [4.78, 5) is 12.5. The molecule has 1 aromatic carbocycles. The number of nitrogen functional groups attached to an aromatic ring is 2. The Morgan fingerprint density at radius 3 is 2.02 bits per heavy atom. The molecule has 2 aromatic heterocycles. The number of hydrogen-bond acceptors (Lipinski definition) is 11. The number of fused-ring (bicyclic) bond motifs is 1. The second-order valence-electron chi connectivity index (χ2n) is 12.7. The fourth-order valence-corrected chi connectivity index (χ4v) is 7.06. The maximum absolute atomic E-state index is 13.8. The Balaban J connectivity index is 1.31. The molecular weight excluding hydrogens is 643 g/mol. The van der Waals surface area contributed by atoms with E-state index in [9.17, 15) is 4.57 Å². The van der Waals surface area contributed by atoms with Crippen LogP contribution in [0.2, 0.25) is 0 Å². The summed E-state index contributed by atoms with van der Waals surface area (Å²) in [6.45, 7) is 3.85. The number of imidazole rings is 1. The van der Waals surface area contributed by atoms with Crippen molar-refractivity contribution in [1.82, 2.24) is 19.5 Å². The molecule has 0 spiro atoms. The first-order valence-electron chi connectivity index (χ1n) is 18.3. The molecule has 12 nitrogen and oxygen atoms in total. The number of benzene rings is 1. The maximum Gasteiger partial charge on any atom is 0.404 e.